The summed E-state index contributed by atoms with van der Waals surface area (Å²) in [5.41, 5.74) is 7.95. The van der Waals surface area contributed by atoms with Gasteiger partial charge in [0.05, 0.1) is 36.7 Å². The molecule has 2 N–H and O–H groups in total. The highest BCUT2D eigenvalue weighted by molar-refractivity contribution is 6.34. The number of carbonyl (C=O) groups excluding carboxylic acids is 3. The second-order valence-corrected chi connectivity index (χ2v) is 9.07. The minimum absolute atomic E-state index is 0.0157. The third-order valence-corrected chi connectivity index (χ3v) is 6.44. The van der Waals surface area contributed by atoms with Gasteiger partial charge in [0.25, 0.3) is 5.91 Å². The van der Waals surface area contributed by atoms with Crippen LogP contribution in [0.25, 0.3) is 11.0 Å². The van der Waals surface area contributed by atoms with Crippen molar-refractivity contribution in [2.75, 3.05) is 25.7 Å². The number of aryl methyl sites for hydroxylation is 1. The van der Waals surface area contributed by atoms with Gasteiger partial charge in [-0.3, -0.25) is 14.5 Å². The molecule has 0 fully saturated rings. The first-order chi connectivity index (χ1) is 19.7. The number of fused-ring (bicyclic) bond motifs is 1. The molecular weight excluding hydrogens is 552 g/mol. The molecule has 0 atom stereocenters. The van der Waals surface area contributed by atoms with Crippen LogP contribution in [-0.4, -0.2) is 59.1 Å². The predicted octanol–water partition coefficient (Wildman–Crippen LogP) is 3.88. The van der Waals surface area contributed by atoms with Gasteiger partial charge in [-0.1, -0.05) is 17.7 Å². The molecule has 12 nitrogen and oxygen atoms in total. The van der Waals surface area contributed by atoms with Gasteiger partial charge in [-0.15, -0.1) is 0 Å². The third kappa shape index (κ3) is 6.79. The predicted molar refractivity (Wildman–Crippen MR) is 152 cm³/mol. The van der Waals surface area contributed by atoms with E-state index in [0.29, 0.717) is 34.0 Å². The number of nitrogens with zero attached hydrogens (tertiary/aromatic N) is 5. The number of amidine groups is 1. The van der Waals surface area contributed by atoms with E-state index in [0.717, 1.165) is 5.52 Å². The van der Waals surface area contributed by atoms with Crippen molar-refractivity contribution in [3.8, 4) is 5.75 Å². The first kappa shape index (κ1) is 29.0. The number of benzene rings is 2. The Labute approximate surface area is 240 Å². The maximum atomic E-state index is 13.5. The summed E-state index contributed by atoms with van der Waals surface area (Å²) in [5, 5.41) is 0.241. The Hall–Kier alpha value is -4.97. The highest BCUT2D eigenvalue weighted by Crippen LogP contribution is 2.25. The standard InChI is InChI=1S/C28H27ClN6O6/c1-34-22-10-7-17(27(37)35(13-11-25(36)39-2)23-6-4-5-12-31-23)14-21(22)32-24(34)16-41-18-8-9-19(20(29)15-18)26(30)33-28(38)40-3/h4-10,12,14-15H,11,13,16H2,1-3H3,(H2,30,33,38). The summed E-state index contributed by atoms with van der Waals surface area (Å²) in [7, 11) is 4.33. The Bertz CT molecular complexity index is 1620. The first-order valence-corrected chi connectivity index (χ1v) is 12.7. The van der Waals surface area contributed by atoms with E-state index in [1.807, 2.05) is 11.6 Å². The van der Waals surface area contributed by atoms with Crippen LogP contribution in [0.1, 0.15) is 28.2 Å². The van der Waals surface area contributed by atoms with E-state index in [9.17, 15) is 14.4 Å². The van der Waals surface area contributed by atoms with Crippen molar-refractivity contribution >= 4 is 52.3 Å². The Kier molecular flexibility index (Phi) is 9.15. The molecule has 0 saturated heterocycles. The molecule has 0 radical (unpaired) electrons. The summed E-state index contributed by atoms with van der Waals surface area (Å²) in [5.74, 6) is 0.619. The zero-order valence-corrected chi connectivity index (χ0v) is 23.3. The summed E-state index contributed by atoms with van der Waals surface area (Å²) in [6.45, 7) is 0.207. The normalized spacial score (nSPS) is 11.3. The lowest BCUT2D eigenvalue weighted by Crippen LogP contribution is -2.33. The average Bonchev–Trinajstić information content (AvgIpc) is 3.30. The van der Waals surface area contributed by atoms with Crippen molar-refractivity contribution in [3.05, 3.63) is 82.8 Å². The number of hydrogen-bond donors (Lipinski definition) is 1. The fraction of sp³-hybridized carbons (Fsp3) is 0.214. The molecule has 0 aliphatic rings. The number of amides is 2. The van der Waals surface area contributed by atoms with Gasteiger partial charge in [-0.05, 0) is 48.5 Å². The number of esters is 1. The van der Waals surface area contributed by atoms with Gasteiger partial charge >= 0.3 is 12.1 Å². The van der Waals surface area contributed by atoms with Crippen molar-refractivity contribution in [2.45, 2.75) is 13.0 Å². The van der Waals surface area contributed by atoms with Crippen LogP contribution in [0, 0.1) is 0 Å². The van der Waals surface area contributed by atoms with Gasteiger partial charge in [0, 0.05) is 30.9 Å². The minimum atomic E-state index is -0.837. The number of ether oxygens (including phenoxy) is 3. The molecule has 4 rings (SSSR count). The first-order valence-electron chi connectivity index (χ1n) is 12.3. The lowest BCUT2D eigenvalue weighted by Gasteiger charge is -2.21. The van der Waals surface area contributed by atoms with Gasteiger partial charge in [0.2, 0.25) is 0 Å². The number of rotatable bonds is 9. The fourth-order valence-corrected chi connectivity index (χ4v) is 4.22. The topological polar surface area (TPSA) is 151 Å². The Morgan fingerprint density at radius 3 is 2.56 bits per heavy atom. The summed E-state index contributed by atoms with van der Waals surface area (Å²) in [4.78, 5) is 50.6. The molecule has 0 aliphatic heterocycles. The largest absolute Gasteiger partial charge is 0.486 e. The average molecular weight is 579 g/mol. The molecule has 0 bridgehead atoms. The van der Waals surface area contributed by atoms with Gasteiger partial charge < -0.3 is 24.5 Å². The van der Waals surface area contributed by atoms with Crippen LogP contribution in [0.2, 0.25) is 5.02 Å². The van der Waals surface area contributed by atoms with E-state index in [4.69, 9.17) is 26.8 Å². The number of aliphatic imine (C=N–C) groups is 1. The number of imidazole rings is 1. The molecule has 0 aliphatic carbocycles. The van der Waals surface area contributed by atoms with Gasteiger partial charge in [-0.25, -0.2) is 14.8 Å². The molecule has 4 aromatic rings. The fourth-order valence-electron chi connectivity index (χ4n) is 3.95. The minimum Gasteiger partial charge on any atom is -0.486 e. The van der Waals surface area contributed by atoms with Crippen LogP contribution in [-0.2, 0) is 27.9 Å². The SMILES string of the molecule is COC(=O)CCN(C(=O)c1ccc2c(c1)nc(COc1ccc(/C(N)=N\C(=O)OC)c(Cl)c1)n2C)c1ccccn1. The van der Waals surface area contributed by atoms with Gasteiger partial charge in [-0.2, -0.15) is 4.99 Å². The van der Waals surface area contributed by atoms with E-state index < -0.39 is 12.1 Å². The number of methoxy groups -OCH3 is 2. The van der Waals surface area contributed by atoms with Crippen molar-refractivity contribution in [2.24, 2.45) is 17.8 Å². The zero-order valence-electron chi connectivity index (χ0n) is 22.5. The van der Waals surface area contributed by atoms with Gasteiger partial charge in [0.1, 0.15) is 29.8 Å². The summed E-state index contributed by atoms with van der Waals surface area (Å²) in [6, 6.07) is 15.2. The van der Waals surface area contributed by atoms with E-state index in [2.05, 4.69) is 19.7 Å². The number of anilines is 1. The molecule has 2 amide bonds. The molecule has 0 saturated carbocycles. The number of aromatic nitrogens is 3. The second-order valence-electron chi connectivity index (χ2n) is 8.66. The number of halogens is 1. The molecule has 212 valence electrons. The summed E-state index contributed by atoms with van der Waals surface area (Å²) >= 11 is 6.31. The molecule has 2 heterocycles. The van der Waals surface area contributed by atoms with Crippen LogP contribution in [0.3, 0.4) is 0 Å². The number of nitrogens with two attached hydrogens (primary N) is 1. The van der Waals surface area contributed by atoms with E-state index in [1.54, 1.807) is 60.8 Å². The Balaban J connectivity index is 1.53. The number of carbonyl (C=O) groups is 3. The van der Waals surface area contributed by atoms with Crippen molar-refractivity contribution in [3.63, 3.8) is 0 Å². The molecular formula is C28H27ClN6O6. The van der Waals surface area contributed by atoms with E-state index in [-0.39, 0.29) is 36.3 Å². The van der Waals surface area contributed by atoms with Gasteiger partial charge in [0.15, 0.2) is 0 Å². The van der Waals surface area contributed by atoms with Crippen LogP contribution < -0.4 is 15.4 Å². The molecule has 2 aromatic carbocycles. The van der Waals surface area contributed by atoms with Crippen molar-refractivity contribution < 1.29 is 28.6 Å². The highest BCUT2D eigenvalue weighted by atomic mass is 35.5. The van der Waals surface area contributed by atoms with E-state index >= 15 is 0 Å². The van der Waals surface area contributed by atoms with Crippen molar-refractivity contribution in [1.29, 1.82) is 0 Å². The molecule has 2 aromatic heterocycles. The lowest BCUT2D eigenvalue weighted by atomic mass is 10.1. The quantitative estimate of drug-likeness (QED) is 0.177. The highest BCUT2D eigenvalue weighted by Gasteiger charge is 2.21. The maximum absolute atomic E-state index is 13.5. The van der Waals surface area contributed by atoms with E-state index in [1.165, 1.54) is 19.1 Å². The monoisotopic (exact) mass is 578 g/mol. The summed E-state index contributed by atoms with van der Waals surface area (Å²) < 4.78 is 17.0. The van der Waals surface area contributed by atoms with Crippen molar-refractivity contribution in [1.82, 2.24) is 14.5 Å². The number of hydrogen-bond acceptors (Lipinski definition) is 8. The zero-order chi connectivity index (χ0) is 29.5. The molecule has 0 unspecified atom stereocenters. The Morgan fingerprint density at radius 2 is 1.88 bits per heavy atom. The van der Waals surface area contributed by atoms with Crippen LogP contribution in [0.15, 0.2) is 65.8 Å². The number of pyridine rings is 1. The maximum Gasteiger partial charge on any atom is 0.435 e. The second kappa shape index (κ2) is 12.9. The van der Waals surface area contributed by atoms with Crippen LogP contribution >= 0.6 is 11.6 Å². The van der Waals surface area contributed by atoms with Crippen LogP contribution in [0.5, 0.6) is 5.75 Å². The summed E-state index contributed by atoms with van der Waals surface area (Å²) in [6.07, 6.45) is 0.756. The molecule has 0 spiro atoms. The Morgan fingerprint density at radius 1 is 1.07 bits per heavy atom. The molecule has 41 heavy (non-hydrogen) atoms. The lowest BCUT2D eigenvalue weighted by molar-refractivity contribution is -0.140. The smallest absolute Gasteiger partial charge is 0.435 e. The third-order valence-electron chi connectivity index (χ3n) is 6.13. The van der Waals surface area contributed by atoms with Crippen LogP contribution in [0.4, 0.5) is 10.6 Å². The molecule has 13 heteroatoms.